The van der Waals surface area contributed by atoms with Gasteiger partial charge in [-0.3, -0.25) is 4.79 Å². The molecule has 2 heterocycles. The van der Waals surface area contributed by atoms with Crippen molar-refractivity contribution in [2.45, 2.75) is 13.2 Å². The van der Waals surface area contributed by atoms with E-state index in [1.54, 1.807) is 21.5 Å². The van der Waals surface area contributed by atoms with E-state index in [1.165, 1.54) is 0 Å². The molecule has 0 fully saturated rings. The van der Waals surface area contributed by atoms with Crippen LogP contribution in [0.5, 0.6) is 0 Å². The first kappa shape index (κ1) is 15.4. The molecule has 5 heteroatoms. The highest BCUT2D eigenvalue weighted by Gasteiger charge is 2.17. The highest BCUT2D eigenvalue weighted by atomic mass is 16.3. The van der Waals surface area contributed by atoms with Crippen LogP contribution in [0, 0.1) is 0 Å². The summed E-state index contributed by atoms with van der Waals surface area (Å²) in [6.45, 7) is 0.241. The molecule has 0 aliphatic heterocycles. The summed E-state index contributed by atoms with van der Waals surface area (Å²) in [7, 11) is 0. The number of rotatable bonds is 4. The Morgan fingerprint density at radius 2 is 1.60 bits per heavy atom. The summed E-state index contributed by atoms with van der Waals surface area (Å²) in [5.74, 6) is 0. The Kier molecular flexibility index (Phi) is 3.91. The molecule has 124 valence electrons. The van der Waals surface area contributed by atoms with Crippen molar-refractivity contribution in [1.29, 1.82) is 0 Å². The molecule has 5 nitrogen and oxygen atoms in total. The number of hydrogen-bond donors (Lipinski definition) is 1. The minimum absolute atomic E-state index is 0.162. The molecule has 2 aromatic heterocycles. The van der Waals surface area contributed by atoms with Gasteiger partial charge in [-0.25, -0.2) is 4.52 Å². The molecule has 0 amide bonds. The van der Waals surface area contributed by atoms with Gasteiger partial charge in [-0.15, -0.1) is 0 Å². The maximum atomic E-state index is 12.9. The highest BCUT2D eigenvalue weighted by molar-refractivity contribution is 5.72. The molecule has 0 aliphatic carbocycles. The van der Waals surface area contributed by atoms with Gasteiger partial charge in [0.1, 0.15) is 5.52 Å². The molecule has 0 atom stereocenters. The fourth-order valence-corrected chi connectivity index (χ4v) is 3.03. The third kappa shape index (κ3) is 2.75. The quantitative estimate of drug-likeness (QED) is 0.625. The van der Waals surface area contributed by atoms with Crippen molar-refractivity contribution in [1.82, 2.24) is 14.2 Å². The monoisotopic (exact) mass is 331 g/mol. The second-order valence-corrected chi connectivity index (χ2v) is 5.86. The van der Waals surface area contributed by atoms with Crippen LogP contribution in [0.3, 0.4) is 0 Å². The Hall–Kier alpha value is -3.18. The van der Waals surface area contributed by atoms with Gasteiger partial charge in [0.25, 0.3) is 5.56 Å². The first-order chi connectivity index (χ1) is 12.3. The zero-order chi connectivity index (χ0) is 17.2. The van der Waals surface area contributed by atoms with E-state index in [0.29, 0.717) is 23.3 Å². The lowest BCUT2D eigenvalue weighted by molar-refractivity contribution is 0.283. The van der Waals surface area contributed by atoms with Crippen molar-refractivity contribution in [2.24, 2.45) is 0 Å². The molecule has 25 heavy (non-hydrogen) atoms. The summed E-state index contributed by atoms with van der Waals surface area (Å²) >= 11 is 0. The van der Waals surface area contributed by atoms with Crippen LogP contribution in [0.25, 0.3) is 16.8 Å². The van der Waals surface area contributed by atoms with Gasteiger partial charge in [0.2, 0.25) is 0 Å². The number of aromatic nitrogens is 3. The van der Waals surface area contributed by atoms with Crippen LogP contribution in [-0.4, -0.2) is 19.3 Å². The van der Waals surface area contributed by atoms with Gasteiger partial charge in [0, 0.05) is 23.5 Å². The first-order valence-corrected chi connectivity index (χ1v) is 8.09. The van der Waals surface area contributed by atoms with Crippen molar-refractivity contribution in [3.8, 4) is 11.3 Å². The van der Waals surface area contributed by atoms with E-state index in [2.05, 4.69) is 5.10 Å². The predicted octanol–water partition coefficient (Wildman–Crippen LogP) is 2.70. The van der Waals surface area contributed by atoms with Crippen LogP contribution in [0.4, 0.5) is 0 Å². The molecule has 0 aliphatic rings. The van der Waals surface area contributed by atoms with Crippen molar-refractivity contribution in [2.75, 3.05) is 0 Å². The van der Waals surface area contributed by atoms with Gasteiger partial charge in [-0.05, 0) is 5.56 Å². The molecule has 1 N–H and O–H groups in total. The average molecular weight is 331 g/mol. The minimum atomic E-state index is -0.238. The third-order valence-corrected chi connectivity index (χ3v) is 4.26. The normalized spacial score (nSPS) is 11.1. The van der Waals surface area contributed by atoms with E-state index in [1.807, 2.05) is 60.7 Å². The van der Waals surface area contributed by atoms with Crippen molar-refractivity contribution >= 4 is 5.52 Å². The Morgan fingerprint density at radius 1 is 0.920 bits per heavy atom. The topological polar surface area (TPSA) is 59.5 Å². The lowest BCUT2D eigenvalue weighted by Crippen LogP contribution is -2.22. The molecule has 4 aromatic rings. The third-order valence-electron chi connectivity index (χ3n) is 4.26. The average Bonchev–Trinajstić information content (AvgIpc) is 3.05. The molecule has 2 aromatic carbocycles. The highest BCUT2D eigenvalue weighted by Crippen LogP contribution is 2.24. The smallest absolute Gasteiger partial charge is 0.277 e. The van der Waals surface area contributed by atoms with Crippen LogP contribution in [-0.2, 0) is 13.2 Å². The largest absolute Gasteiger partial charge is 0.392 e. The molecular weight excluding hydrogens is 314 g/mol. The molecular formula is C20H17N3O2. The van der Waals surface area contributed by atoms with E-state index in [9.17, 15) is 9.90 Å². The lowest BCUT2D eigenvalue weighted by atomic mass is 10.1. The lowest BCUT2D eigenvalue weighted by Gasteiger charge is -2.06. The second kappa shape index (κ2) is 6.37. The van der Waals surface area contributed by atoms with Crippen molar-refractivity contribution in [3.05, 3.63) is 94.5 Å². The van der Waals surface area contributed by atoms with Crippen LogP contribution in [0.15, 0.2) is 77.9 Å². The van der Waals surface area contributed by atoms with Gasteiger partial charge in [0.15, 0.2) is 0 Å². The van der Waals surface area contributed by atoms with E-state index in [0.717, 1.165) is 11.1 Å². The van der Waals surface area contributed by atoms with E-state index in [4.69, 9.17) is 0 Å². The van der Waals surface area contributed by atoms with E-state index in [-0.39, 0.29) is 12.2 Å². The fraction of sp³-hybridized carbons (Fsp3) is 0.100. The molecule has 0 unspecified atom stereocenters. The predicted molar refractivity (Wildman–Crippen MR) is 96.4 cm³/mol. The summed E-state index contributed by atoms with van der Waals surface area (Å²) in [5, 5.41) is 14.4. The fourth-order valence-electron chi connectivity index (χ4n) is 3.03. The number of hydrogen-bond acceptors (Lipinski definition) is 3. The molecule has 0 saturated heterocycles. The zero-order valence-corrected chi connectivity index (χ0v) is 13.5. The van der Waals surface area contributed by atoms with Gasteiger partial charge in [-0.2, -0.15) is 5.10 Å². The molecule has 0 radical (unpaired) electrons. The number of fused-ring (bicyclic) bond motifs is 1. The Morgan fingerprint density at radius 3 is 2.28 bits per heavy atom. The Balaban J connectivity index is 1.88. The van der Waals surface area contributed by atoms with Crippen LogP contribution in [0.2, 0.25) is 0 Å². The minimum Gasteiger partial charge on any atom is -0.392 e. The second-order valence-electron chi connectivity index (χ2n) is 5.86. The van der Waals surface area contributed by atoms with Gasteiger partial charge in [-0.1, -0.05) is 60.7 Å². The SMILES string of the molecule is O=c1c2c(CO)c(-c3ccccc3)nn2ccn1Cc1ccccc1. The number of benzene rings is 2. The first-order valence-electron chi connectivity index (χ1n) is 8.09. The number of aliphatic hydroxyl groups is 1. The summed E-state index contributed by atoms with van der Waals surface area (Å²) < 4.78 is 3.19. The van der Waals surface area contributed by atoms with Crippen LogP contribution < -0.4 is 5.56 Å². The van der Waals surface area contributed by atoms with Crippen molar-refractivity contribution < 1.29 is 5.11 Å². The van der Waals surface area contributed by atoms with Crippen molar-refractivity contribution in [3.63, 3.8) is 0 Å². The zero-order valence-electron chi connectivity index (χ0n) is 13.5. The molecule has 0 spiro atoms. The van der Waals surface area contributed by atoms with E-state index >= 15 is 0 Å². The van der Waals surface area contributed by atoms with Gasteiger partial charge < -0.3 is 9.67 Å². The summed E-state index contributed by atoms with van der Waals surface area (Å²) in [5.41, 5.74) is 3.37. The molecule has 0 saturated carbocycles. The molecule has 4 rings (SSSR count). The molecule has 0 bridgehead atoms. The van der Waals surface area contributed by atoms with Gasteiger partial charge in [0.05, 0.1) is 18.8 Å². The Bertz CT molecular complexity index is 1070. The van der Waals surface area contributed by atoms with Crippen LogP contribution >= 0.6 is 0 Å². The maximum Gasteiger partial charge on any atom is 0.277 e. The number of aliphatic hydroxyl groups excluding tert-OH is 1. The van der Waals surface area contributed by atoms with Gasteiger partial charge >= 0.3 is 0 Å². The Labute approximate surface area is 144 Å². The summed E-state index contributed by atoms with van der Waals surface area (Å²) in [4.78, 5) is 12.9. The maximum absolute atomic E-state index is 12.9. The summed E-state index contributed by atoms with van der Waals surface area (Å²) in [6, 6.07) is 19.4. The standard InChI is InChI=1S/C20H17N3O2/c24-14-17-18(16-9-5-2-6-10-16)21-23-12-11-22(20(25)19(17)23)13-15-7-3-1-4-8-15/h1-12,24H,13-14H2. The summed E-state index contributed by atoms with van der Waals surface area (Å²) in [6.07, 6.45) is 3.48. The number of nitrogens with zero attached hydrogens (tertiary/aromatic N) is 3. The van der Waals surface area contributed by atoms with Crippen LogP contribution in [0.1, 0.15) is 11.1 Å². The van der Waals surface area contributed by atoms with E-state index < -0.39 is 0 Å².